The molecular formula is C25H29ClO6. The van der Waals surface area contributed by atoms with Gasteiger partial charge in [-0.05, 0) is 38.8 Å². The summed E-state index contributed by atoms with van der Waals surface area (Å²) >= 11 is 6.50. The topological polar surface area (TPSA) is 82.1 Å². The van der Waals surface area contributed by atoms with Crippen molar-refractivity contribution in [3.05, 3.63) is 58.1 Å². The maximum Gasteiger partial charge on any atom is 0.315 e. The highest BCUT2D eigenvalue weighted by Crippen LogP contribution is 2.58. The largest absolute Gasteiger partial charge is 0.465 e. The quantitative estimate of drug-likeness (QED) is 0.493. The van der Waals surface area contributed by atoms with Gasteiger partial charge in [-0.1, -0.05) is 49.6 Å². The summed E-state index contributed by atoms with van der Waals surface area (Å²) in [5.41, 5.74) is 0.635. The highest BCUT2D eigenvalue weighted by molar-refractivity contribution is 6.45. The third-order valence-corrected chi connectivity index (χ3v) is 7.17. The van der Waals surface area contributed by atoms with E-state index >= 15 is 0 Å². The van der Waals surface area contributed by atoms with Gasteiger partial charge in [-0.2, -0.15) is 0 Å². The zero-order chi connectivity index (χ0) is 23.4. The zero-order valence-electron chi connectivity index (χ0n) is 19.0. The molecule has 172 valence electrons. The van der Waals surface area contributed by atoms with Gasteiger partial charge in [0.15, 0.2) is 5.79 Å². The second-order valence-corrected chi connectivity index (χ2v) is 9.76. The lowest BCUT2D eigenvalue weighted by Crippen LogP contribution is -2.50. The molecule has 1 N–H and O–H groups in total. The minimum absolute atomic E-state index is 0.000248. The van der Waals surface area contributed by atoms with Crippen LogP contribution in [-0.4, -0.2) is 34.4 Å². The van der Waals surface area contributed by atoms with Crippen molar-refractivity contribution in [1.29, 1.82) is 0 Å². The number of hydrogen-bond donors (Lipinski definition) is 1. The van der Waals surface area contributed by atoms with Gasteiger partial charge in [-0.15, -0.1) is 0 Å². The third-order valence-electron chi connectivity index (χ3n) is 6.80. The summed E-state index contributed by atoms with van der Waals surface area (Å²) in [5, 5.41) is 11.2. The van der Waals surface area contributed by atoms with Crippen molar-refractivity contribution in [2.75, 3.05) is 0 Å². The van der Waals surface area contributed by atoms with E-state index in [2.05, 4.69) is 19.9 Å². The molecule has 0 unspecified atom stereocenters. The van der Waals surface area contributed by atoms with Crippen molar-refractivity contribution >= 4 is 23.4 Å². The Balaban J connectivity index is 1.70. The number of fused-ring (bicyclic) bond motifs is 5. The van der Waals surface area contributed by atoms with Gasteiger partial charge in [0.05, 0.1) is 11.3 Å². The SMILES string of the molecule is CC[C@H](C)/C=C(C)/C=C/C1=CC2=C(Cl)C(=O)[C@@]3(C)O[C@]4(O)C[C@H](C)OC(=O)[C@@H]4[C@H]3C2=CO1. The minimum atomic E-state index is -1.81. The zero-order valence-corrected chi connectivity index (χ0v) is 19.7. The molecule has 0 bridgehead atoms. The van der Waals surface area contributed by atoms with Crippen LogP contribution in [0.3, 0.4) is 0 Å². The fourth-order valence-electron chi connectivity index (χ4n) is 5.10. The summed E-state index contributed by atoms with van der Waals surface area (Å²) in [6.07, 6.45) is 9.73. The van der Waals surface area contributed by atoms with Crippen LogP contribution in [0.1, 0.15) is 47.5 Å². The summed E-state index contributed by atoms with van der Waals surface area (Å²) in [4.78, 5) is 26.1. The Labute approximate surface area is 193 Å². The van der Waals surface area contributed by atoms with Gasteiger partial charge in [0.1, 0.15) is 23.4 Å². The summed E-state index contributed by atoms with van der Waals surface area (Å²) in [6, 6.07) is 0. The van der Waals surface area contributed by atoms with Gasteiger partial charge in [-0.25, -0.2) is 0 Å². The molecule has 0 aromatic carbocycles. The van der Waals surface area contributed by atoms with Gasteiger partial charge < -0.3 is 19.3 Å². The second kappa shape index (κ2) is 8.01. The molecule has 0 saturated carbocycles. The molecular weight excluding hydrogens is 432 g/mol. The summed E-state index contributed by atoms with van der Waals surface area (Å²) in [6.45, 7) is 9.55. The van der Waals surface area contributed by atoms with Crippen LogP contribution in [0.4, 0.5) is 0 Å². The van der Waals surface area contributed by atoms with Crippen LogP contribution < -0.4 is 0 Å². The molecule has 6 nitrogen and oxygen atoms in total. The van der Waals surface area contributed by atoms with Crippen LogP contribution >= 0.6 is 11.6 Å². The van der Waals surface area contributed by atoms with Crippen LogP contribution in [-0.2, 0) is 23.8 Å². The summed E-state index contributed by atoms with van der Waals surface area (Å²) in [7, 11) is 0. The molecule has 7 heteroatoms. The number of rotatable bonds is 4. The molecule has 0 aromatic heterocycles. The van der Waals surface area contributed by atoms with E-state index in [0.717, 1.165) is 12.0 Å². The molecule has 0 spiro atoms. The first-order valence-corrected chi connectivity index (χ1v) is 11.4. The molecule has 4 aliphatic rings. The van der Waals surface area contributed by atoms with E-state index in [1.807, 2.05) is 19.1 Å². The smallest absolute Gasteiger partial charge is 0.315 e. The second-order valence-electron chi connectivity index (χ2n) is 9.38. The standard InChI is InChI=1S/C25H29ClO6/c1-6-13(2)9-14(3)7-8-16-10-17-18(12-30-16)19-20-23(28)31-15(4)11-25(20,29)32-24(19,5)22(27)21(17)26/h7-10,12-13,15,19-20,29H,6,11H2,1-5H3/b8-7+,14-9+/t13-,15-,19+,20-,24-,25+/m0/s1. The molecule has 3 aliphatic heterocycles. The van der Waals surface area contributed by atoms with Crippen molar-refractivity contribution in [1.82, 2.24) is 0 Å². The predicted molar refractivity (Wildman–Crippen MR) is 119 cm³/mol. The first-order valence-electron chi connectivity index (χ1n) is 11.0. The maximum absolute atomic E-state index is 13.3. The van der Waals surface area contributed by atoms with Crippen LogP contribution in [0.25, 0.3) is 0 Å². The van der Waals surface area contributed by atoms with Gasteiger partial charge >= 0.3 is 5.97 Å². The number of carbonyl (C=O) groups is 2. The molecule has 0 radical (unpaired) electrons. The monoisotopic (exact) mass is 460 g/mol. The fraction of sp³-hybridized carbons (Fsp3) is 0.520. The number of ether oxygens (including phenoxy) is 3. The number of hydrogen-bond acceptors (Lipinski definition) is 6. The molecule has 2 saturated heterocycles. The van der Waals surface area contributed by atoms with Gasteiger partial charge in [0.25, 0.3) is 0 Å². The Morgan fingerprint density at radius 1 is 1.38 bits per heavy atom. The first kappa shape index (κ1) is 23.0. The van der Waals surface area contributed by atoms with E-state index in [-0.39, 0.29) is 11.5 Å². The van der Waals surface area contributed by atoms with Crippen molar-refractivity contribution in [3.63, 3.8) is 0 Å². The number of carbonyl (C=O) groups excluding carboxylic acids is 2. The van der Waals surface area contributed by atoms with Crippen molar-refractivity contribution in [3.8, 4) is 0 Å². The summed E-state index contributed by atoms with van der Waals surface area (Å²) < 4.78 is 17.1. The van der Waals surface area contributed by atoms with Crippen molar-refractivity contribution < 1.29 is 28.9 Å². The van der Waals surface area contributed by atoms with E-state index in [1.54, 1.807) is 19.9 Å². The van der Waals surface area contributed by atoms with Crippen LogP contribution in [0, 0.1) is 17.8 Å². The first-order chi connectivity index (χ1) is 15.0. The molecule has 4 rings (SSSR count). The summed E-state index contributed by atoms with van der Waals surface area (Å²) in [5.74, 6) is -3.69. The number of ketones is 1. The molecule has 3 heterocycles. The molecule has 0 aromatic rings. The number of Topliss-reactive ketones (excluding diaryl/α,β-unsaturated/α-hetero) is 1. The predicted octanol–water partition coefficient (Wildman–Crippen LogP) is 4.45. The van der Waals surface area contributed by atoms with Crippen LogP contribution in [0.15, 0.2) is 58.1 Å². The van der Waals surface area contributed by atoms with E-state index in [9.17, 15) is 14.7 Å². The van der Waals surface area contributed by atoms with Gasteiger partial charge in [-0.3, -0.25) is 9.59 Å². The van der Waals surface area contributed by atoms with E-state index in [0.29, 0.717) is 22.8 Å². The molecule has 0 amide bonds. The molecule has 32 heavy (non-hydrogen) atoms. The van der Waals surface area contributed by atoms with E-state index in [1.165, 1.54) is 6.26 Å². The lowest BCUT2D eigenvalue weighted by atomic mass is 9.66. The van der Waals surface area contributed by atoms with Crippen molar-refractivity contribution in [2.24, 2.45) is 17.8 Å². The Morgan fingerprint density at radius 2 is 2.09 bits per heavy atom. The highest BCUT2D eigenvalue weighted by atomic mass is 35.5. The number of aliphatic hydroxyl groups is 1. The number of esters is 1. The maximum atomic E-state index is 13.3. The average Bonchev–Trinajstić information content (AvgIpc) is 2.98. The van der Waals surface area contributed by atoms with Gasteiger partial charge in [0, 0.05) is 23.5 Å². The fourth-order valence-corrected chi connectivity index (χ4v) is 5.45. The molecule has 6 atom stereocenters. The number of halogens is 1. The lowest BCUT2D eigenvalue weighted by Gasteiger charge is -2.38. The Kier molecular flexibility index (Phi) is 5.76. The third kappa shape index (κ3) is 3.58. The minimum Gasteiger partial charge on any atom is -0.465 e. The Morgan fingerprint density at radius 3 is 2.78 bits per heavy atom. The van der Waals surface area contributed by atoms with Crippen molar-refractivity contribution in [2.45, 2.75) is 65.0 Å². The average molecular weight is 461 g/mol. The van der Waals surface area contributed by atoms with E-state index in [4.69, 9.17) is 25.8 Å². The van der Waals surface area contributed by atoms with Gasteiger partial charge in [0.2, 0.25) is 5.78 Å². The molecule has 1 aliphatic carbocycles. The normalized spacial score (nSPS) is 37.8. The van der Waals surface area contributed by atoms with Crippen LogP contribution in [0.2, 0.25) is 0 Å². The van der Waals surface area contributed by atoms with E-state index < -0.39 is 41.1 Å². The number of cyclic esters (lactones) is 1. The molecule has 2 fully saturated rings. The number of allylic oxidation sites excluding steroid dienone is 6. The highest BCUT2D eigenvalue weighted by Gasteiger charge is 2.70. The Hall–Kier alpha value is -2.15. The Bertz CT molecular complexity index is 1020. The lowest BCUT2D eigenvalue weighted by molar-refractivity contribution is -0.260. The van der Waals surface area contributed by atoms with Crippen LogP contribution in [0.5, 0.6) is 0 Å².